The second-order valence-electron chi connectivity index (χ2n) is 7.44. The number of guanidine groups is 1. The van der Waals surface area contributed by atoms with E-state index in [1.807, 2.05) is 0 Å². The SMILES string of the molecule is CCc1nncn1CCNC(=NCCc1c[nH]c2ccccc12)NC(C)c1cccs1.I. The molecule has 1 atom stereocenters. The van der Waals surface area contributed by atoms with Gasteiger partial charge in [-0.25, -0.2) is 0 Å². The number of benzene rings is 1. The third kappa shape index (κ3) is 6.10. The van der Waals surface area contributed by atoms with Crippen molar-refractivity contribution in [3.8, 4) is 0 Å². The van der Waals surface area contributed by atoms with E-state index >= 15 is 0 Å². The highest BCUT2D eigenvalue weighted by Crippen LogP contribution is 2.19. The first kappa shape index (κ1) is 24.2. The molecule has 3 heterocycles. The van der Waals surface area contributed by atoms with Crippen molar-refractivity contribution < 1.29 is 0 Å². The highest BCUT2D eigenvalue weighted by molar-refractivity contribution is 14.0. The van der Waals surface area contributed by atoms with Gasteiger partial charge in [0, 0.05) is 48.0 Å². The topological polar surface area (TPSA) is 82.9 Å². The summed E-state index contributed by atoms with van der Waals surface area (Å²) in [5.41, 5.74) is 2.46. The number of nitrogens with zero attached hydrogens (tertiary/aromatic N) is 4. The third-order valence-electron chi connectivity index (χ3n) is 5.31. The van der Waals surface area contributed by atoms with Crippen LogP contribution in [0.25, 0.3) is 10.9 Å². The Kier molecular flexibility index (Phi) is 9.10. The van der Waals surface area contributed by atoms with Gasteiger partial charge in [-0.05, 0) is 36.4 Å². The number of para-hydroxylation sites is 1. The Balaban J connectivity index is 0.00000289. The summed E-state index contributed by atoms with van der Waals surface area (Å²) in [6.07, 6.45) is 5.64. The predicted molar refractivity (Wildman–Crippen MR) is 143 cm³/mol. The van der Waals surface area contributed by atoms with Crippen LogP contribution in [0.15, 0.2) is 59.3 Å². The molecule has 0 fully saturated rings. The molecule has 3 N–H and O–H groups in total. The summed E-state index contributed by atoms with van der Waals surface area (Å²) in [6.45, 7) is 6.52. The van der Waals surface area contributed by atoms with E-state index in [1.165, 1.54) is 21.3 Å². The van der Waals surface area contributed by atoms with Crippen LogP contribution in [0, 0.1) is 0 Å². The minimum absolute atomic E-state index is 0. The molecule has 3 aromatic heterocycles. The van der Waals surface area contributed by atoms with Crippen LogP contribution in [0.1, 0.15) is 36.2 Å². The lowest BCUT2D eigenvalue weighted by Gasteiger charge is -2.18. The summed E-state index contributed by atoms with van der Waals surface area (Å²) in [4.78, 5) is 9.50. The van der Waals surface area contributed by atoms with Gasteiger partial charge in [0.15, 0.2) is 5.96 Å². The van der Waals surface area contributed by atoms with Crippen molar-refractivity contribution in [1.29, 1.82) is 0 Å². The Morgan fingerprint density at radius 3 is 2.94 bits per heavy atom. The number of hydrogen-bond acceptors (Lipinski definition) is 4. The molecule has 0 aliphatic carbocycles. The monoisotopic (exact) mass is 563 g/mol. The molecule has 0 saturated carbocycles. The van der Waals surface area contributed by atoms with Crippen LogP contribution >= 0.6 is 35.3 Å². The van der Waals surface area contributed by atoms with E-state index in [0.29, 0.717) is 6.54 Å². The average Bonchev–Trinajstić information content (AvgIpc) is 3.54. The Morgan fingerprint density at radius 2 is 2.12 bits per heavy atom. The fourth-order valence-electron chi connectivity index (χ4n) is 3.63. The van der Waals surface area contributed by atoms with Gasteiger partial charge in [-0.15, -0.1) is 45.5 Å². The predicted octanol–water partition coefficient (Wildman–Crippen LogP) is 4.54. The summed E-state index contributed by atoms with van der Waals surface area (Å²) in [5, 5.41) is 18.6. The molecule has 170 valence electrons. The van der Waals surface area contributed by atoms with Gasteiger partial charge >= 0.3 is 0 Å². The maximum Gasteiger partial charge on any atom is 0.191 e. The molecule has 0 aliphatic heterocycles. The zero-order valence-electron chi connectivity index (χ0n) is 18.4. The standard InChI is InChI=1S/C23H29N7S.HI/c1-3-22-29-27-16-30(22)13-12-25-23(28-17(2)21-9-6-14-31-21)24-11-10-18-15-26-20-8-5-4-7-19(18)20;/h4-9,14-17,26H,3,10-13H2,1-2H3,(H2,24,25,28);1H. The van der Waals surface area contributed by atoms with Crippen LogP contribution in [0.3, 0.4) is 0 Å². The lowest BCUT2D eigenvalue weighted by molar-refractivity contribution is 0.621. The first-order valence-corrected chi connectivity index (χ1v) is 11.6. The Morgan fingerprint density at radius 1 is 1.25 bits per heavy atom. The number of aromatic amines is 1. The lowest BCUT2D eigenvalue weighted by Crippen LogP contribution is -2.40. The molecule has 0 radical (unpaired) electrons. The van der Waals surface area contributed by atoms with Crippen molar-refractivity contribution in [3.63, 3.8) is 0 Å². The van der Waals surface area contributed by atoms with Crippen molar-refractivity contribution in [2.45, 2.75) is 39.3 Å². The number of nitrogens with one attached hydrogen (secondary N) is 3. The Labute approximate surface area is 209 Å². The minimum Gasteiger partial charge on any atom is -0.361 e. The molecule has 9 heteroatoms. The van der Waals surface area contributed by atoms with Crippen molar-refractivity contribution >= 4 is 52.2 Å². The number of rotatable bonds is 9. The summed E-state index contributed by atoms with van der Waals surface area (Å²) < 4.78 is 2.08. The largest absolute Gasteiger partial charge is 0.361 e. The highest BCUT2D eigenvalue weighted by Gasteiger charge is 2.10. The van der Waals surface area contributed by atoms with Gasteiger partial charge in [0.25, 0.3) is 0 Å². The Bertz CT molecular complexity index is 1120. The summed E-state index contributed by atoms with van der Waals surface area (Å²) in [7, 11) is 0. The van der Waals surface area contributed by atoms with E-state index in [2.05, 4.69) is 92.2 Å². The number of aromatic nitrogens is 4. The number of halogens is 1. The molecule has 4 rings (SSSR count). The molecule has 7 nitrogen and oxygen atoms in total. The van der Waals surface area contributed by atoms with Gasteiger partial charge in [-0.2, -0.15) is 0 Å². The van der Waals surface area contributed by atoms with E-state index in [0.717, 1.165) is 37.7 Å². The van der Waals surface area contributed by atoms with Crippen molar-refractivity contribution in [2.24, 2.45) is 4.99 Å². The van der Waals surface area contributed by atoms with Crippen LogP contribution in [0.2, 0.25) is 0 Å². The molecule has 32 heavy (non-hydrogen) atoms. The van der Waals surface area contributed by atoms with Crippen molar-refractivity contribution in [2.75, 3.05) is 13.1 Å². The van der Waals surface area contributed by atoms with Crippen LogP contribution in [0.4, 0.5) is 0 Å². The molecule has 0 bridgehead atoms. The molecule has 4 aromatic rings. The maximum atomic E-state index is 4.86. The van der Waals surface area contributed by atoms with E-state index in [1.54, 1.807) is 17.7 Å². The van der Waals surface area contributed by atoms with E-state index in [-0.39, 0.29) is 30.0 Å². The van der Waals surface area contributed by atoms with E-state index in [9.17, 15) is 0 Å². The van der Waals surface area contributed by atoms with Gasteiger partial charge in [-0.1, -0.05) is 31.2 Å². The van der Waals surface area contributed by atoms with Crippen LogP contribution in [0.5, 0.6) is 0 Å². The zero-order valence-corrected chi connectivity index (χ0v) is 21.6. The molecule has 0 amide bonds. The molecule has 1 aromatic carbocycles. The van der Waals surface area contributed by atoms with E-state index in [4.69, 9.17) is 4.99 Å². The van der Waals surface area contributed by atoms with E-state index < -0.39 is 0 Å². The van der Waals surface area contributed by atoms with Crippen LogP contribution in [-0.2, 0) is 19.4 Å². The lowest BCUT2D eigenvalue weighted by atomic mass is 10.1. The number of hydrogen-bond donors (Lipinski definition) is 3. The first-order valence-electron chi connectivity index (χ1n) is 10.7. The molecule has 0 saturated heterocycles. The molecule has 1 unspecified atom stereocenters. The second kappa shape index (κ2) is 12.0. The first-order chi connectivity index (χ1) is 15.2. The average molecular weight is 564 g/mol. The Hall–Kier alpha value is -2.40. The molecular weight excluding hydrogens is 533 g/mol. The molecule has 0 aliphatic rings. The summed E-state index contributed by atoms with van der Waals surface area (Å²) >= 11 is 1.75. The van der Waals surface area contributed by atoms with Crippen molar-refractivity contribution in [1.82, 2.24) is 30.4 Å². The minimum atomic E-state index is 0. The summed E-state index contributed by atoms with van der Waals surface area (Å²) in [6, 6.07) is 12.8. The van der Waals surface area contributed by atoms with Crippen LogP contribution in [-0.4, -0.2) is 38.8 Å². The van der Waals surface area contributed by atoms with Crippen LogP contribution < -0.4 is 10.6 Å². The number of aliphatic imine (C=N–C) groups is 1. The molecular formula is C23H30IN7S. The second-order valence-corrected chi connectivity index (χ2v) is 8.42. The normalized spacial score (nSPS) is 12.5. The number of aryl methyl sites for hydroxylation is 1. The molecule has 0 spiro atoms. The fraction of sp³-hybridized carbons (Fsp3) is 0.348. The van der Waals surface area contributed by atoms with Gasteiger partial charge < -0.3 is 20.2 Å². The van der Waals surface area contributed by atoms with Gasteiger partial charge in [0.05, 0.1) is 6.04 Å². The third-order valence-corrected chi connectivity index (χ3v) is 6.36. The number of fused-ring (bicyclic) bond motifs is 1. The maximum absolute atomic E-state index is 4.86. The van der Waals surface area contributed by atoms with Gasteiger partial charge in [-0.3, -0.25) is 4.99 Å². The van der Waals surface area contributed by atoms with Gasteiger partial charge in [0.2, 0.25) is 0 Å². The number of thiophene rings is 1. The fourth-order valence-corrected chi connectivity index (χ4v) is 4.36. The summed E-state index contributed by atoms with van der Waals surface area (Å²) in [5.74, 6) is 1.83. The highest BCUT2D eigenvalue weighted by atomic mass is 127. The van der Waals surface area contributed by atoms with Gasteiger partial charge in [0.1, 0.15) is 12.2 Å². The zero-order chi connectivity index (χ0) is 21.5. The smallest absolute Gasteiger partial charge is 0.191 e. The van der Waals surface area contributed by atoms with Crippen molar-refractivity contribution in [3.05, 3.63) is 70.6 Å². The number of H-pyrrole nitrogens is 1. The quantitative estimate of drug-likeness (QED) is 0.159.